The summed E-state index contributed by atoms with van der Waals surface area (Å²) in [5.41, 5.74) is 6.46. The smallest absolute Gasteiger partial charge is 0.236 e. The molecule has 0 heterocycles. The number of hydrogen-bond donors (Lipinski definition) is 2. The Hall–Kier alpha value is -1.39. The third-order valence-corrected chi connectivity index (χ3v) is 2.46. The normalized spacial score (nSPS) is 12.3. The summed E-state index contributed by atoms with van der Waals surface area (Å²) in [6, 6.07) is 9.70. The third-order valence-electron chi connectivity index (χ3n) is 2.46. The van der Waals surface area contributed by atoms with Crippen LogP contribution < -0.4 is 11.1 Å². The van der Waals surface area contributed by atoms with Crippen molar-refractivity contribution in [3.8, 4) is 0 Å². The van der Waals surface area contributed by atoms with Gasteiger partial charge >= 0.3 is 0 Å². The van der Waals surface area contributed by atoms with E-state index in [1.165, 1.54) is 5.56 Å². The van der Waals surface area contributed by atoms with Crippen LogP contribution in [0.2, 0.25) is 0 Å². The maximum absolute atomic E-state index is 11.0. The molecule has 1 unspecified atom stereocenters. The van der Waals surface area contributed by atoms with Crippen LogP contribution in [-0.2, 0) is 16.0 Å². The van der Waals surface area contributed by atoms with Crippen LogP contribution in [0.15, 0.2) is 30.3 Å². The molecule has 1 atom stereocenters. The van der Waals surface area contributed by atoms with Crippen LogP contribution >= 0.6 is 0 Å². The second kappa shape index (κ2) is 7.81. The molecule has 1 rings (SSSR count). The van der Waals surface area contributed by atoms with Gasteiger partial charge in [-0.2, -0.15) is 0 Å². The van der Waals surface area contributed by atoms with Gasteiger partial charge in [0.15, 0.2) is 0 Å². The Bertz CT molecular complexity index is 327. The average molecular weight is 236 g/mol. The van der Waals surface area contributed by atoms with Crippen LogP contribution in [0.1, 0.15) is 12.5 Å². The van der Waals surface area contributed by atoms with E-state index >= 15 is 0 Å². The molecule has 0 aliphatic heterocycles. The van der Waals surface area contributed by atoms with Gasteiger partial charge in [0.1, 0.15) is 6.04 Å². The Morgan fingerprint density at radius 3 is 2.71 bits per heavy atom. The monoisotopic (exact) mass is 236 g/mol. The van der Waals surface area contributed by atoms with Crippen LogP contribution in [0.3, 0.4) is 0 Å². The summed E-state index contributed by atoms with van der Waals surface area (Å²) in [5.74, 6) is -0.369. The van der Waals surface area contributed by atoms with Gasteiger partial charge < -0.3 is 15.8 Å². The van der Waals surface area contributed by atoms with Crippen molar-refractivity contribution in [1.82, 2.24) is 5.32 Å². The molecular formula is C13H20N2O2. The number of carbonyl (C=O) groups excluding carboxylic acids is 1. The zero-order chi connectivity index (χ0) is 12.5. The molecule has 1 amide bonds. The Labute approximate surface area is 102 Å². The topological polar surface area (TPSA) is 64.3 Å². The average Bonchev–Trinajstić information content (AvgIpc) is 2.34. The van der Waals surface area contributed by atoms with E-state index in [1.807, 2.05) is 25.1 Å². The van der Waals surface area contributed by atoms with E-state index in [4.69, 9.17) is 10.5 Å². The van der Waals surface area contributed by atoms with E-state index in [0.29, 0.717) is 19.8 Å². The lowest BCUT2D eigenvalue weighted by molar-refractivity contribution is -0.121. The number of amides is 1. The summed E-state index contributed by atoms with van der Waals surface area (Å²) in [6.07, 6.45) is 0.846. The lowest BCUT2D eigenvalue weighted by Gasteiger charge is -2.14. The molecule has 0 aromatic heterocycles. The molecule has 4 nitrogen and oxygen atoms in total. The van der Waals surface area contributed by atoms with Crippen molar-refractivity contribution in [2.45, 2.75) is 19.4 Å². The van der Waals surface area contributed by atoms with Crippen molar-refractivity contribution < 1.29 is 9.53 Å². The van der Waals surface area contributed by atoms with Gasteiger partial charge in [-0.3, -0.25) is 4.79 Å². The molecule has 0 bridgehead atoms. The predicted molar refractivity (Wildman–Crippen MR) is 67.6 cm³/mol. The van der Waals surface area contributed by atoms with Gasteiger partial charge in [-0.05, 0) is 18.5 Å². The molecule has 0 aliphatic rings. The zero-order valence-corrected chi connectivity index (χ0v) is 10.2. The third kappa shape index (κ3) is 5.47. The molecule has 3 N–H and O–H groups in total. The molecule has 0 saturated heterocycles. The summed E-state index contributed by atoms with van der Waals surface area (Å²) in [7, 11) is 0. The molecule has 0 radical (unpaired) electrons. The minimum atomic E-state index is -0.393. The first-order chi connectivity index (χ1) is 8.24. The number of ether oxygens (including phenoxy) is 1. The number of nitrogens with two attached hydrogens (primary N) is 1. The Kier molecular flexibility index (Phi) is 6.29. The van der Waals surface area contributed by atoms with Crippen molar-refractivity contribution in [2.24, 2.45) is 5.73 Å². The number of benzene rings is 1. The molecule has 1 aromatic rings. The molecule has 0 saturated carbocycles. The van der Waals surface area contributed by atoms with E-state index in [2.05, 4.69) is 17.4 Å². The summed E-state index contributed by atoms with van der Waals surface area (Å²) in [6.45, 7) is 3.56. The van der Waals surface area contributed by atoms with E-state index < -0.39 is 6.04 Å². The summed E-state index contributed by atoms with van der Waals surface area (Å²) in [4.78, 5) is 11.0. The highest BCUT2D eigenvalue weighted by Gasteiger charge is 2.13. The molecule has 1 aromatic carbocycles. The summed E-state index contributed by atoms with van der Waals surface area (Å²) in [5, 5.41) is 2.98. The first-order valence-electron chi connectivity index (χ1n) is 5.88. The second-order valence-electron chi connectivity index (χ2n) is 3.82. The largest absolute Gasteiger partial charge is 0.379 e. The zero-order valence-electron chi connectivity index (χ0n) is 10.2. The quantitative estimate of drug-likeness (QED) is 0.653. The van der Waals surface area contributed by atoms with E-state index in [9.17, 15) is 4.79 Å². The van der Waals surface area contributed by atoms with Gasteiger partial charge in [-0.25, -0.2) is 0 Å². The predicted octanol–water partition coefficient (Wildman–Crippen LogP) is 0.709. The lowest BCUT2D eigenvalue weighted by Crippen LogP contribution is -2.44. The molecule has 94 valence electrons. The highest BCUT2D eigenvalue weighted by atomic mass is 16.5. The highest BCUT2D eigenvalue weighted by molar-refractivity contribution is 5.79. The van der Waals surface area contributed by atoms with Crippen LogP contribution in [-0.4, -0.2) is 31.7 Å². The molecule has 0 aliphatic carbocycles. The maximum atomic E-state index is 11.0. The molecule has 17 heavy (non-hydrogen) atoms. The fraction of sp³-hybridized carbons (Fsp3) is 0.462. The van der Waals surface area contributed by atoms with Crippen LogP contribution in [0.25, 0.3) is 0 Å². The van der Waals surface area contributed by atoms with Gasteiger partial charge in [0.05, 0.1) is 13.2 Å². The fourth-order valence-electron chi connectivity index (χ4n) is 1.52. The van der Waals surface area contributed by atoms with E-state index in [0.717, 1.165) is 6.42 Å². The van der Waals surface area contributed by atoms with Crippen LogP contribution in [0.5, 0.6) is 0 Å². The highest BCUT2D eigenvalue weighted by Crippen LogP contribution is 1.99. The van der Waals surface area contributed by atoms with Gasteiger partial charge in [0.25, 0.3) is 0 Å². The minimum Gasteiger partial charge on any atom is -0.379 e. The summed E-state index contributed by atoms with van der Waals surface area (Å²) < 4.78 is 5.45. The van der Waals surface area contributed by atoms with E-state index in [1.54, 1.807) is 0 Å². The number of carbonyl (C=O) groups is 1. The van der Waals surface area contributed by atoms with Crippen LogP contribution in [0, 0.1) is 0 Å². The first kappa shape index (κ1) is 13.7. The standard InChI is InChI=1S/C13H20N2O2/c1-2-15-12(13(14)16)10-17-9-8-11-6-4-3-5-7-11/h3-7,12,15H,2,8-10H2,1H3,(H2,14,16). The number of primary amides is 1. The van der Waals surface area contributed by atoms with Gasteiger partial charge in [-0.1, -0.05) is 37.3 Å². The fourth-order valence-corrected chi connectivity index (χ4v) is 1.52. The lowest BCUT2D eigenvalue weighted by atomic mass is 10.2. The number of rotatable bonds is 8. The first-order valence-corrected chi connectivity index (χ1v) is 5.88. The van der Waals surface area contributed by atoms with Gasteiger partial charge in [0, 0.05) is 0 Å². The van der Waals surface area contributed by atoms with Crippen molar-refractivity contribution in [3.05, 3.63) is 35.9 Å². The van der Waals surface area contributed by atoms with E-state index in [-0.39, 0.29) is 5.91 Å². The van der Waals surface area contributed by atoms with Crippen molar-refractivity contribution in [2.75, 3.05) is 19.8 Å². The number of likely N-dealkylation sites (N-methyl/N-ethyl adjacent to an activating group) is 1. The Balaban J connectivity index is 2.20. The van der Waals surface area contributed by atoms with Crippen molar-refractivity contribution >= 4 is 5.91 Å². The summed E-state index contributed by atoms with van der Waals surface area (Å²) >= 11 is 0. The molecule has 0 spiro atoms. The minimum absolute atomic E-state index is 0.329. The molecular weight excluding hydrogens is 216 g/mol. The van der Waals surface area contributed by atoms with Gasteiger partial charge in [-0.15, -0.1) is 0 Å². The SMILES string of the molecule is CCNC(COCCc1ccccc1)C(N)=O. The second-order valence-corrected chi connectivity index (χ2v) is 3.82. The van der Waals surface area contributed by atoms with Gasteiger partial charge in [0.2, 0.25) is 5.91 Å². The number of nitrogens with one attached hydrogen (secondary N) is 1. The maximum Gasteiger partial charge on any atom is 0.236 e. The Morgan fingerprint density at radius 1 is 1.41 bits per heavy atom. The Morgan fingerprint density at radius 2 is 2.12 bits per heavy atom. The molecule has 0 fully saturated rings. The van der Waals surface area contributed by atoms with Crippen LogP contribution in [0.4, 0.5) is 0 Å². The van der Waals surface area contributed by atoms with Crippen molar-refractivity contribution in [1.29, 1.82) is 0 Å². The molecule has 4 heteroatoms. The van der Waals surface area contributed by atoms with Crippen molar-refractivity contribution in [3.63, 3.8) is 0 Å². The number of hydrogen-bond acceptors (Lipinski definition) is 3.